The fourth-order valence-electron chi connectivity index (χ4n) is 4.12. The van der Waals surface area contributed by atoms with Crippen LogP contribution in [0.15, 0.2) is 54.6 Å². The molecule has 0 unspecified atom stereocenters. The molecule has 2 aromatic rings. The van der Waals surface area contributed by atoms with Gasteiger partial charge in [-0.05, 0) is 30.0 Å². The van der Waals surface area contributed by atoms with Gasteiger partial charge in [-0.1, -0.05) is 42.5 Å². The summed E-state index contributed by atoms with van der Waals surface area (Å²) in [7, 11) is 0. The van der Waals surface area contributed by atoms with E-state index in [0.29, 0.717) is 37.5 Å². The maximum Gasteiger partial charge on any atom is 0.314 e. The van der Waals surface area contributed by atoms with Crippen molar-refractivity contribution >= 4 is 11.9 Å². The summed E-state index contributed by atoms with van der Waals surface area (Å²) in [5, 5.41) is 9.79. The van der Waals surface area contributed by atoms with E-state index in [2.05, 4.69) is 0 Å². The van der Waals surface area contributed by atoms with Gasteiger partial charge in [-0.2, -0.15) is 0 Å². The Morgan fingerprint density at radius 2 is 1.89 bits per heavy atom. The lowest BCUT2D eigenvalue weighted by Gasteiger charge is -2.33. The highest BCUT2D eigenvalue weighted by Gasteiger charge is 2.55. The van der Waals surface area contributed by atoms with E-state index < -0.39 is 11.4 Å². The molecule has 6 nitrogen and oxygen atoms in total. The second kappa shape index (κ2) is 7.64. The van der Waals surface area contributed by atoms with Crippen molar-refractivity contribution in [1.82, 2.24) is 4.90 Å². The van der Waals surface area contributed by atoms with E-state index in [1.807, 2.05) is 36.4 Å². The molecule has 28 heavy (non-hydrogen) atoms. The van der Waals surface area contributed by atoms with E-state index in [1.165, 1.54) is 0 Å². The van der Waals surface area contributed by atoms with Gasteiger partial charge in [0.1, 0.15) is 17.8 Å². The summed E-state index contributed by atoms with van der Waals surface area (Å²) in [5.41, 5.74) is 0.464. The van der Waals surface area contributed by atoms with Gasteiger partial charge in [-0.25, -0.2) is 0 Å². The Morgan fingerprint density at radius 1 is 1.14 bits per heavy atom. The number of hydrogen-bond acceptors (Lipinski definition) is 4. The largest absolute Gasteiger partial charge is 0.488 e. The summed E-state index contributed by atoms with van der Waals surface area (Å²) in [4.78, 5) is 26.8. The number of carboxylic acids is 1. The minimum atomic E-state index is -1.01. The lowest BCUT2D eigenvalue weighted by Crippen LogP contribution is -2.46. The highest BCUT2D eigenvalue weighted by molar-refractivity contribution is 5.97. The average Bonchev–Trinajstić information content (AvgIpc) is 3.14. The fraction of sp³-hybridized carbons (Fsp3) is 0.364. The number of carbonyl (C=O) groups excluding carboxylic acids is 1. The van der Waals surface area contributed by atoms with Crippen molar-refractivity contribution < 1.29 is 24.2 Å². The van der Waals surface area contributed by atoms with E-state index in [9.17, 15) is 14.7 Å². The van der Waals surface area contributed by atoms with Gasteiger partial charge in [0, 0.05) is 19.7 Å². The Labute approximate surface area is 163 Å². The number of para-hydroxylation sites is 1. The smallest absolute Gasteiger partial charge is 0.314 e. The zero-order valence-corrected chi connectivity index (χ0v) is 15.5. The van der Waals surface area contributed by atoms with Crippen molar-refractivity contribution in [3.05, 3.63) is 65.7 Å². The van der Waals surface area contributed by atoms with Crippen molar-refractivity contribution in [2.24, 2.45) is 11.3 Å². The van der Waals surface area contributed by atoms with Gasteiger partial charge >= 0.3 is 5.97 Å². The lowest BCUT2D eigenvalue weighted by molar-refractivity contribution is -0.159. The van der Waals surface area contributed by atoms with Crippen LogP contribution in [-0.2, 0) is 16.1 Å². The summed E-state index contributed by atoms with van der Waals surface area (Å²) < 4.78 is 11.4. The van der Waals surface area contributed by atoms with Crippen LogP contribution in [0.5, 0.6) is 5.75 Å². The SMILES string of the molecule is O=C(c1ccccc1OCc1ccccc1)N1C[C@@H]2CCOC[C@]2(C(=O)O)C1. The first-order valence-electron chi connectivity index (χ1n) is 9.46. The monoisotopic (exact) mass is 381 g/mol. The Hall–Kier alpha value is -2.86. The van der Waals surface area contributed by atoms with Crippen LogP contribution in [0.4, 0.5) is 0 Å². The second-order valence-corrected chi connectivity index (χ2v) is 7.46. The Morgan fingerprint density at radius 3 is 2.64 bits per heavy atom. The molecule has 2 atom stereocenters. The van der Waals surface area contributed by atoms with Crippen molar-refractivity contribution in [2.45, 2.75) is 13.0 Å². The number of benzene rings is 2. The van der Waals surface area contributed by atoms with Gasteiger partial charge in [0.2, 0.25) is 0 Å². The van der Waals surface area contributed by atoms with Crippen LogP contribution >= 0.6 is 0 Å². The number of hydrogen-bond donors (Lipinski definition) is 1. The summed E-state index contributed by atoms with van der Waals surface area (Å²) in [5.74, 6) is -0.660. The zero-order chi connectivity index (χ0) is 19.6. The first kappa shape index (κ1) is 18.5. The normalized spacial score (nSPS) is 23.9. The van der Waals surface area contributed by atoms with Gasteiger partial charge in [0.05, 0.1) is 12.2 Å². The van der Waals surface area contributed by atoms with Crippen LogP contribution in [0.3, 0.4) is 0 Å². The topological polar surface area (TPSA) is 76.1 Å². The average molecular weight is 381 g/mol. The first-order valence-corrected chi connectivity index (χ1v) is 9.46. The molecule has 0 saturated carbocycles. The number of amides is 1. The molecule has 4 rings (SSSR count). The van der Waals surface area contributed by atoms with Crippen LogP contribution in [-0.4, -0.2) is 48.2 Å². The van der Waals surface area contributed by atoms with Gasteiger partial charge in [-0.3, -0.25) is 9.59 Å². The van der Waals surface area contributed by atoms with Gasteiger partial charge in [0.15, 0.2) is 0 Å². The molecule has 6 heteroatoms. The summed E-state index contributed by atoms with van der Waals surface area (Å²) in [6.07, 6.45) is 0.655. The number of carboxylic acid groups (broad SMARTS) is 1. The van der Waals surface area contributed by atoms with E-state index in [0.717, 1.165) is 5.56 Å². The quantitative estimate of drug-likeness (QED) is 0.862. The molecule has 2 heterocycles. The maximum absolute atomic E-state index is 13.2. The molecule has 0 spiro atoms. The van der Waals surface area contributed by atoms with Crippen molar-refractivity contribution in [1.29, 1.82) is 0 Å². The molecule has 1 amide bonds. The summed E-state index contributed by atoms with van der Waals surface area (Å²) in [6.45, 7) is 1.66. The highest BCUT2D eigenvalue weighted by atomic mass is 16.5. The van der Waals surface area contributed by atoms with Gasteiger partial charge in [0.25, 0.3) is 5.91 Å². The third-order valence-corrected chi connectivity index (χ3v) is 5.73. The molecule has 2 aliphatic heterocycles. The molecule has 2 saturated heterocycles. The van der Waals surface area contributed by atoms with Crippen LogP contribution in [0.2, 0.25) is 0 Å². The fourth-order valence-corrected chi connectivity index (χ4v) is 4.12. The first-order chi connectivity index (χ1) is 13.6. The number of carbonyl (C=O) groups is 2. The minimum absolute atomic E-state index is 0.0832. The van der Waals surface area contributed by atoms with Crippen LogP contribution < -0.4 is 4.74 Å². The third kappa shape index (κ3) is 3.36. The van der Waals surface area contributed by atoms with Crippen molar-refractivity contribution in [3.8, 4) is 5.75 Å². The van der Waals surface area contributed by atoms with E-state index >= 15 is 0 Å². The minimum Gasteiger partial charge on any atom is -0.488 e. The van der Waals surface area contributed by atoms with E-state index in [4.69, 9.17) is 9.47 Å². The summed E-state index contributed by atoms with van der Waals surface area (Å²) in [6, 6.07) is 16.9. The number of fused-ring (bicyclic) bond motifs is 1. The molecule has 0 radical (unpaired) electrons. The van der Waals surface area contributed by atoms with Crippen LogP contribution in [0, 0.1) is 11.3 Å². The number of nitrogens with zero attached hydrogens (tertiary/aromatic N) is 1. The Bertz CT molecular complexity index is 868. The number of ether oxygens (including phenoxy) is 2. The van der Waals surface area contributed by atoms with Crippen LogP contribution in [0.25, 0.3) is 0 Å². The predicted octanol–water partition coefficient (Wildman–Crippen LogP) is 2.83. The maximum atomic E-state index is 13.2. The molecular weight excluding hydrogens is 358 g/mol. The molecule has 2 aliphatic rings. The number of rotatable bonds is 5. The second-order valence-electron chi connectivity index (χ2n) is 7.46. The summed E-state index contributed by atoms with van der Waals surface area (Å²) >= 11 is 0. The molecule has 1 N–H and O–H groups in total. The van der Waals surface area contributed by atoms with Crippen molar-refractivity contribution in [3.63, 3.8) is 0 Å². The third-order valence-electron chi connectivity index (χ3n) is 5.73. The molecule has 2 aromatic carbocycles. The predicted molar refractivity (Wildman–Crippen MR) is 102 cm³/mol. The number of likely N-dealkylation sites (tertiary alicyclic amines) is 1. The van der Waals surface area contributed by atoms with Gasteiger partial charge in [-0.15, -0.1) is 0 Å². The number of aliphatic carboxylic acids is 1. The highest BCUT2D eigenvalue weighted by Crippen LogP contribution is 2.42. The molecule has 2 fully saturated rings. The standard InChI is InChI=1S/C22H23NO5/c24-20(23-12-17-10-11-27-15-22(17,14-23)21(25)26)18-8-4-5-9-19(18)28-13-16-6-2-1-3-7-16/h1-9,17H,10-15H2,(H,25,26)/t17-,22+/m0/s1. The van der Waals surface area contributed by atoms with Gasteiger partial charge < -0.3 is 19.5 Å². The van der Waals surface area contributed by atoms with Crippen LogP contribution in [0.1, 0.15) is 22.3 Å². The Balaban J connectivity index is 1.53. The molecule has 0 aliphatic carbocycles. The molecule has 146 valence electrons. The van der Waals surface area contributed by atoms with Crippen molar-refractivity contribution in [2.75, 3.05) is 26.3 Å². The molecular formula is C22H23NO5. The lowest BCUT2D eigenvalue weighted by atomic mass is 9.76. The Kier molecular flexibility index (Phi) is 5.05. The molecule has 0 aromatic heterocycles. The van der Waals surface area contributed by atoms with E-state index in [-0.39, 0.29) is 25.0 Å². The zero-order valence-electron chi connectivity index (χ0n) is 15.5. The molecule has 0 bridgehead atoms. The van der Waals surface area contributed by atoms with E-state index in [1.54, 1.807) is 23.1 Å².